The second kappa shape index (κ2) is 14.9. The molecule has 0 aromatic heterocycles. The predicted molar refractivity (Wildman–Crippen MR) is 127 cm³/mol. The molecule has 1 nitrogen and oxygen atoms in total. The molecular weight excluding hydrogens is 454 g/mol. The molecule has 0 fully saturated rings. The first-order valence-corrected chi connectivity index (χ1v) is 7.33. The minimum absolute atomic E-state index is 0. The molecular formula is C23H40Cl2OZr. The molecule has 0 unspecified atom stereocenters. The molecule has 0 heterocycles. The van der Waals surface area contributed by atoms with Crippen molar-refractivity contribution in [1.29, 1.82) is 0 Å². The number of phenols is 1. The second-order valence-electron chi connectivity index (χ2n) is 7.76. The van der Waals surface area contributed by atoms with E-state index in [9.17, 15) is 5.11 Å². The zero-order chi connectivity index (χ0) is 15.1. The summed E-state index contributed by atoms with van der Waals surface area (Å²) in [6, 6.07) is 4.33. The van der Waals surface area contributed by atoms with Gasteiger partial charge in [0.1, 0.15) is 5.75 Å². The Hall–Kier alpha value is -0.0369. The summed E-state index contributed by atoms with van der Waals surface area (Å²) in [6.45, 7) is 13.1. The van der Waals surface area contributed by atoms with Crippen molar-refractivity contribution in [2.75, 3.05) is 0 Å². The average molecular weight is 495 g/mol. The maximum Gasteiger partial charge on any atom is 4.00 e. The largest absolute Gasteiger partial charge is 4.00 e. The number of halogens is 2. The third-order valence-corrected chi connectivity index (χ3v) is 3.92. The smallest absolute Gasteiger partial charge is 0.507 e. The van der Waals surface area contributed by atoms with Gasteiger partial charge in [0.2, 0.25) is 0 Å². The van der Waals surface area contributed by atoms with Gasteiger partial charge in [-0.2, -0.15) is 0 Å². The Morgan fingerprint density at radius 2 is 1.15 bits per heavy atom. The van der Waals surface area contributed by atoms with Gasteiger partial charge >= 0.3 is 26.2 Å². The standard InChI is InChI=1S/C19H26O.4CH3.2ClH.Zr/c1-18(2,3)14-11-15(13-9-7-8-10-13)17(20)16(12-14)19(4,5)6;;;;;;;/h7-13,20H,1-6H3;4*1H3;2*1H;/q;4*-1;;;+4. The van der Waals surface area contributed by atoms with Crippen molar-refractivity contribution >= 4 is 24.8 Å². The van der Waals surface area contributed by atoms with Crippen LogP contribution in [0.5, 0.6) is 5.75 Å². The van der Waals surface area contributed by atoms with E-state index in [1.165, 1.54) is 5.56 Å². The van der Waals surface area contributed by atoms with Gasteiger partial charge in [0.05, 0.1) is 0 Å². The molecule has 2 rings (SSSR count). The molecule has 0 atom stereocenters. The zero-order valence-corrected chi connectivity index (χ0v) is 22.9. The second-order valence-corrected chi connectivity index (χ2v) is 7.76. The molecule has 1 aromatic rings. The molecule has 1 N–H and O–H groups in total. The van der Waals surface area contributed by atoms with Crippen LogP contribution in [0.3, 0.4) is 0 Å². The van der Waals surface area contributed by atoms with Crippen LogP contribution in [-0.4, -0.2) is 5.11 Å². The zero-order valence-electron chi connectivity index (χ0n) is 18.8. The van der Waals surface area contributed by atoms with Crippen molar-refractivity contribution in [3.05, 3.63) is 82.8 Å². The molecule has 27 heavy (non-hydrogen) atoms. The molecule has 156 valence electrons. The van der Waals surface area contributed by atoms with Gasteiger partial charge in [-0.3, -0.25) is 0 Å². The van der Waals surface area contributed by atoms with E-state index >= 15 is 0 Å². The normalized spacial score (nSPS) is 11.9. The molecule has 4 heteroatoms. The summed E-state index contributed by atoms with van der Waals surface area (Å²) in [5, 5.41) is 10.7. The van der Waals surface area contributed by atoms with Gasteiger partial charge in [0.15, 0.2) is 0 Å². The third kappa shape index (κ3) is 9.82. The maximum atomic E-state index is 10.7. The number of hydrogen-bond donors (Lipinski definition) is 1. The summed E-state index contributed by atoms with van der Waals surface area (Å²) < 4.78 is 0. The van der Waals surface area contributed by atoms with Crippen LogP contribution in [-0.2, 0) is 37.0 Å². The van der Waals surface area contributed by atoms with Crippen LogP contribution in [0.2, 0.25) is 0 Å². The SMILES string of the molecule is CC(C)(C)c1cc(C2C=CC=C2)c(O)c(C(C)(C)C)c1.Cl.Cl.[CH3-].[CH3-].[CH3-].[CH3-].[Zr+4]. The minimum Gasteiger partial charge on any atom is -0.507 e. The van der Waals surface area contributed by atoms with Gasteiger partial charge in [-0.25, -0.2) is 0 Å². The number of benzene rings is 1. The fourth-order valence-corrected chi connectivity index (χ4v) is 2.55. The van der Waals surface area contributed by atoms with Crippen molar-refractivity contribution in [2.24, 2.45) is 0 Å². The quantitative estimate of drug-likeness (QED) is 0.394. The minimum atomic E-state index is -0.0634. The molecule has 0 bridgehead atoms. The van der Waals surface area contributed by atoms with Crippen LogP contribution in [0, 0.1) is 29.7 Å². The Kier molecular flexibility index (Phi) is 22.8. The summed E-state index contributed by atoms with van der Waals surface area (Å²) >= 11 is 0. The molecule has 0 saturated carbocycles. The first-order chi connectivity index (χ1) is 9.10. The van der Waals surface area contributed by atoms with E-state index in [1.54, 1.807) is 0 Å². The number of allylic oxidation sites excluding steroid dienone is 4. The summed E-state index contributed by atoms with van der Waals surface area (Å²) in [6.07, 6.45) is 8.36. The molecule has 0 amide bonds. The Bertz CT molecular complexity index is 567. The van der Waals surface area contributed by atoms with E-state index in [1.807, 2.05) is 12.2 Å². The van der Waals surface area contributed by atoms with Crippen molar-refractivity contribution in [2.45, 2.75) is 58.3 Å². The molecule has 1 aromatic carbocycles. The summed E-state index contributed by atoms with van der Waals surface area (Å²) in [7, 11) is 0. The van der Waals surface area contributed by atoms with Crippen LogP contribution in [0.1, 0.15) is 64.2 Å². The van der Waals surface area contributed by atoms with Crippen LogP contribution in [0.15, 0.2) is 36.4 Å². The molecule has 0 spiro atoms. The Morgan fingerprint density at radius 1 is 0.741 bits per heavy atom. The number of rotatable bonds is 1. The van der Waals surface area contributed by atoms with E-state index in [0.717, 1.165) is 11.1 Å². The van der Waals surface area contributed by atoms with Crippen LogP contribution < -0.4 is 0 Å². The fourth-order valence-electron chi connectivity index (χ4n) is 2.55. The van der Waals surface area contributed by atoms with E-state index in [-0.39, 0.29) is 97.5 Å². The number of hydrogen-bond acceptors (Lipinski definition) is 1. The van der Waals surface area contributed by atoms with Crippen LogP contribution in [0.25, 0.3) is 0 Å². The molecule has 1 aliphatic rings. The molecule has 0 aliphatic heterocycles. The van der Waals surface area contributed by atoms with Gasteiger partial charge in [0, 0.05) is 11.5 Å². The first kappa shape index (κ1) is 41.4. The van der Waals surface area contributed by atoms with Crippen molar-refractivity contribution in [3.63, 3.8) is 0 Å². The van der Waals surface area contributed by atoms with Gasteiger partial charge in [-0.1, -0.05) is 78.0 Å². The first-order valence-electron chi connectivity index (χ1n) is 7.33. The van der Waals surface area contributed by atoms with Gasteiger partial charge in [0.25, 0.3) is 0 Å². The van der Waals surface area contributed by atoms with E-state index in [0.29, 0.717) is 5.75 Å². The Balaban J connectivity index is -0.000000157. The molecule has 1 aliphatic carbocycles. The van der Waals surface area contributed by atoms with Crippen LogP contribution in [0.4, 0.5) is 0 Å². The van der Waals surface area contributed by atoms with Gasteiger partial charge in [-0.05, 0) is 22.0 Å². The van der Waals surface area contributed by atoms with Gasteiger partial charge in [-0.15, -0.1) is 24.8 Å². The summed E-state index contributed by atoms with van der Waals surface area (Å²) in [5.74, 6) is 0.644. The van der Waals surface area contributed by atoms with Crippen LogP contribution >= 0.6 is 24.8 Å². The monoisotopic (exact) mass is 492 g/mol. The summed E-state index contributed by atoms with van der Waals surface area (Å²) in [4.78, 5) is 0. The van der Waals surface area contributed by atoms with Gasteiger partial charge < -0.3 is 34.8 Å². The maximum absolute atomic E-state index is 10.7. The Morgan fingerprint density at radius 3 is 1.48 bits per heavy atom. The van der Waals surface area contributed by atoms with E-state index < -0.39 is 0 Å². The Labute approximate surface area is 202 Å². The summed E-state index contributed by atoms with van der Waals surface area (Å²) in [5.41, 5.74) is 3.35. The van der Waals surface area contributed by atoms with E-state index in [4.69, 9.17) is 0 Å². The number of phenolic OH excluding ortho intramolecular Hbond substituents is 1. The number of aromatic hydroxyl groups is 1. The third-order valence-electron chi connectivity index (χ3n) is 3.92. The fraction of sp³-hybridized carbons (Fsp3) is 0.391. The average Bonchev–Trinajstić information content (AvgIpc) is 2.79. The van der Waals surface area contributed by atoms with Crippen molar-refractivity contribution in [1.82, 2.24) is 0 Å². The topological polar surface area (TPSA) is 20.2 Å². The predicted octanol–water partition coefficient (Wildman–Crippen LogP) is 7.84. The van der Waals surface area contributed by atoms with E-state index in [2.05, 4.69) is 65.8 Å². The molecule has 0 saturated heterocycles. The molecule has 0 radical (unpaired) electrons. The van der Waals surface area contributed by atoms with Crippen molar-refractivity contribution < 1.29 is 31.3 Å². The van der Waals surface area contributed by atoms with Crippen molar-refractivity contribution in [3.8, 4) is 5.75 Å².